The van der Waals surface area contributed by atoms with E-state index in [-0.39, 0.29) is 6.54 Å². The highest BCUT2D eigenvalue weighted by Gasteiger charge is 2.42. The van der Waals surface area contributed by atoms with Crippen molar-refractivity contribution in [1.29, 1.82) is 0 Å². The minimum Gasteiger partial charge on any atom is -0.349 e. The number of carbonyl (C=O) groups is 1. The van der Waals surface area contributed by atoms with Crippen molar-refractivity contribution in [2.24, 2.45) is 0 Å². The van der Waals surface area contributed by atoms with Crippen LogP contribution < -0.4 is 10.6 Å². The lowest BCUT2D eigenvalue weighted by molar-refractivity contribution is -0.123. The van der Waals surface area contributed by atoms with Gasteiger partial charge in [0.05, 0.1) is 29.8 Å². The van der Waals surface area contributed by atoms with E-state index in [0.717, 1.165) is 23.5 Å². The van der Waals surface area contributed by atoms with Gasteiger partial charge in [-0.2, -0.15) is 0 Å². The third-order valence-electron chi connectivity index (χ3n) is 3.94. The Morgan fingerprint density at radius 1 is 1.33 bits per heavy atom. The van der Waals surface area contributed by atoms with Crippen molar-refractivity contribution in [2.75, 3.05) is 6.54 Å². The highest BCUT2D eigenvalue weighted by molar-refractivity contribution is 7.09. The second-order valence-corrected chi connectivity index (χ2v) is 6.87. The first-order valence-corrected chi connectivity index (χ1v) is 8.76. The summed E-state index contributed by atoms with van der Waals surface area (Å²) in [6, 6.07) is 9.36. The largest absolute Gasteiger partial charge is 0.349 e. The molecule has 1 aliphatic heterocycles. The number of alkyl halides is 2. The summed E-state index contributed by atoms with van der Waals surface area (Å²) in [5.41, 5.74) is 2.02. The molecule has 128 valence electrons. The van der Waals surface area contributed by atoms with Crippen LogP contribution in [-0.4, -0.2) is 29.4 Å². The maximum atomic E-state index is 13.1. The molecule has 4 nitrogen and oxygen atoms in total. The monoisotopic (exact) mass is 351 g/mol. The molecule has 1 atom stereocenters. The van der Waals surface area contributed by atoms with Crippen LogP contribution in [0, 0.1) is 0 Å². The standard InChI is InChI=1S/C17H19F2N3OS/c18-17(19)8-14(21-11-17)16(23)20-9-13-10-24-15(22-13)7-6-12-4-2-1-3-5-12/h1-5,10,14,21H,6-9,11H2,(H,20,23). The molecule has 1 aromatic carbocycles. The number of benzene rings is 1. The van der Waals surface area contributed by atoms with Crippen molar-refractivity contribution in [1.82, 2.24) is 15.6 Å². The Balaban J connectivity index is 1.45. The molecule has 0 saturated carbocycles. The molecule has 1 aromatic heterocycles. The van der Waals surface area contributed by atoms with Gasteiger partial charge < -0.3 is 5.32 Å². The molecule has 1 fully saturated rings. The SMILES string of the molecule is O=C(NCc1csc(CCc2ccccc2)n1)C1CC(F)(F)CN1. The fraction of sp³-hybridized carbons (Fsp3) is 0.412. The Bertz CT molecular complexity index is 690. The van der Waals surface area contributed by atoms with Crippen LogP contribution in [0.4, 0.5) is 8.78 Å². The summed E-state index contributed by atoms with van der Waals surface area (Å²) in [6.45, 7) is -0.171. The first kappa shape index (κ1) is 17.0. The van der Waals surface area contributed by atoms with Crippen molar-refractivity contribution in [3.05, 3.63) is 52.0 Å². The molecule has 0 bridgehead atoms. The highest BCUT2D eigenvalue weighted by atomic mass is 32.1. The van der Waals surface area contributed by atoms with Gasteiger partial charge in [-0.3, -0.25) is 10.1 Å². The second-order valence-electron chi connectivity index (χ2n) is 5.93. The van der Waals surface area contributed by atoms with Crippen molar-refractivity contribution in [3.8, 4) is 0 Å². The second kappa shape index (κ2) is 7.36. The normalized spacial score (nSPS) is 19.3. The summed E-state index contributed by atoms with van der Waals surface area (Å²) >= 11 is 1.55. The predicted octanol–water partition coefficient (Wildman–Crippen LogP) is 2.54. The van der Waals surface area contributed by atoms with Crippen LogP contribution in [0.2, 0.25) is 0 Å². The van der Waals surface area contributed by atoms with Crippen LogP contribution in [-0.2, 0) is 24.2 Å². The molecule has 3 rings (SSSR count). The number of nitrogens with one attached hydrogen (secondary N) is 2. The van der Waals surface area contributed by atoms with Gasteiger partial charge in [0, 0.05) is 18.2 Å². The third-order valence-corrected chi connectivity index (χ3v) is 4.90. The Hall–Kier alpha value is -1.86. The van der Waals surface area contributed by atoms with Crippen molar-refractivity contribution >= 4 is 17.2 Å². The van der Waals surface area contributed by atoms with E-state index in [4.69, 9.17) is 0 Å². The smallest absolute Gasteiger partial charge is 0.262 e. The summed E-state index contributed by atoms with van der Waals surface area (Å²) in [6.07, 6.45) is 1.32. The molecule has 1 saturated heterocycles. The number of amides is 1. The summed E-state index contributed by atoms with van der Waals surface area (Å²) in [7, 11) is 0. The average Bonchev–Trinajstić information content (AvgIpc) is 3.18. The molecule has 1 amide bonds. The van der Waals surface area contributed by atoms with Gasteiger partial charge in [-0.25, -0.2) is 13.8 Å². The molecular formula is C17H19F2N3OS. The molecule has 0 spiro atoms. The van der Waals surface area contributed by atoms with E-state index in [1.165, 1.54) is 5.56 Å². The molecule has 0 radical (unpaired) electrons. The molecule has 2 aromatic rings. The Morgan fingerprint density at radius 3 is 2.83 bits per heavy atom. The van der Waals surface area contributed by atoms with E-state index in [1.807, 2.05) is 23.6 Å². The highest BCUT2D eigenvalue weighted by Crippen LogP contribution is 2.25. The van der Waals surface area contributed by atoms with E-state index in [1.54, 1.807) is 11.3 Å². The van der Waals surface area contributed by atoms with Gasteiger partial charge in [0.15, 0.2) is 0 Å². The number of aryl methyl sites for hydroxylation is 2. The lowest BCUT2D eigenvalue weighted by Crippen LogP contribution is -2.40. The first-order chi connectivity index (χ1) is 11.5. The number of carbonyl (C=O) groups excluding carboxylic acids is 1. The number of aromatic nitrogens is 1. The number of thiazole rings is 1. The molecule has 7 heteroatoms. The fourth-order valence-electron chi connectivity index (χ4n) is 2.64. The Labute approximate surface area is 143 Å². The van der Waals surface area contributed by atoms with Gasteiger partial charge >= 0.3 is 0 Å². The zero-order chi connectivity index (χ0) is 17.0. The molecule has 1 aliphatic rings. The molecule has 2 N–H and O–H groups in total. The van der Waals surface area contributed by atoms with Gasteiger partial charge in [-0.15, -0.1) is 11.3 Å². The summed E-state index contributed by atoms with van der Waals surface area (Å²) < 4.78 is 26.2. The average molecular weight is 351 g/mol. The van der Waals surface area contributed by atoms with E-state index >= 15 is 0 Å². The van der Waals surface area contributed by atoms with Gasteiger partial charge in [-0.05, 0) is 12.0 Å². The predicted molar refractivity (Wildman–Crippen MR) is 89.2 cm³/mol. The number of halogens is 2. The number of nitrogens with zero attached hydrogens (tertiary/aromatic N) is 1. The molecular weight excluding hydrogens is 332 g/mol. The lowest BCUT2D eigenvalue weighted by atomic mass is 10.1. The van der Waals surface area contributed by atoms with Gasteiger partial charge in [-0.1, -0.05) is 30.3 Å². The van der Waals surface area contributed by atoms with Crippen molar-refractivity contribution in [2.45, 2.75) is 37.8 Å². The maximum absolute atomic E-state index is 13.1. The van der Waals surface area contributed by atoms with E-state index < -0.39 is 30.8 Å². The van der Waals surface area contributed by atoms with E-state index in [0.29, 0.717) is 0 Å². The zero-order valence-electron chi connectivity index (χ0n) is 13.1. The first-order valence-electron chi connectivity index (χ1n) is 7.88. The van der Waals surface area contributed by atoms with E-state index in [2.05, 4.69) is 27.8 Å². The lowest BCUT2D eigenvalue weighted by Gasteiger charge is -2.10. The number of hydrogen-bond donors (Lipinski definition) is 2. The summed E-state index contributed by atoms with van der Waals surface area (Å²) in [4.78, 5) is 16.4. The van der Waals surface area contributed by atoms with Crippen LogP contribution in [0.1, 0.15) is 22.7 Å². The van der Waals surface area contributed by atoms with Crippen molar-refractivity contribution in [3.63, 3.8) is 0 Å². The number of rotatable bonds is 6. The minimum atomic E-state index is -2.80. The molecule has 24 heavy (non-hydrogen) atoms. The van der Waals surface area contributed by atoms with Crippen LogP contribution in [0.15, 0.2) is 35.7 Å². The summed E-state index contributed by atoms with van der Waals surface area (Å²) in [5, 5.41) is 8.13. The molecule has 0 aliphatic carbocycles. The Morgan fingerprint density at radius 2 is 2.12 bits per heavy atom. The van der Waals surface area contributed by atoms with Gasteiger partial charge in [0.25, 0.3) is 5.92 Å². The fourth-order valence-corrected chi connectivity index (χ4v) is 3.44. The van der Waals surface area contributed by atoms with Crippen LogP contribution in [0.5, 0.6) is 0 Å². The number of hydrogen-bond acceptors (Lipinski definition) is 4. The van der Waals surface area contributed by atoms with Gasteiger partial charge in [0.1, 0.15) is 0 Å². The quantitative estimate of drug-likeness (QED) is 0.841. The zero-order valence-corrected chi connectivity index (χ0v) is 13.9. The third kappa shape index (κ3) is 4.58. The van der Waals surface area contributed by atoms with Crippen molar-refractivity contribution < 1.29 is 13.6 Å². The Kier molecular flexibility index (Phi) is 5.20. The maximum Gasteiger partial charge on any atom is 0.262 e. The van der Waals surface area contributed by atoms with E-state index in [9.17, 15) is 13.6 Å². The van der Waals surface area contributed by atoms with Crippen LogP contribution in [0.3, 0.4) is 0 Å². The summed E-state index contributed by atoms with van der Waals surface area (Å²) in [5.74, 6) is -3.20. The minimum absolute atomic E-state index is 0.268. The van der Waals surface area contributed by atoms with Gasteiger partial charge in [0.2, 0.25) is 5.91 Å². The molecule has 2 heterocycles. The molecule has 1 unspecified atom stereocenters. The van der Waals surface area contributed by atoms with Crippen LogP contribution in [0.25, 0.3) is 0 Å². The topological polar surface area (TPSA) is 54.0 Å². The van der Waals surface area contributed by atoms with Crippen LogP contribution >= 0.6 is 11.3 Å².